The van der Waals surface area contributed by atoms with Gasteiger partial charge in [0.1, 0.15) is 23.3 Å². The minimum atomic E-state index is -1.84. The second-order valence-electron chi connectivity index (χ2n) is 7.30. The number of nitrogens with one attached hydrogen (secondary N) is 2. The van der Waals surface area contributed by atoms with Crippen molar-refractivity contribution in [3.63, 3.8) is 0 Å². The zero-order chi connectivity index (χ0) is 25.9. The maximum atomic E-state index is 14.6. The van der Waals surface area contributed by atoms with E-state index in [-0.39, 0.29) is 42.5 Å². The van der Waals surface area contributed by atoms with Gasteiger partial charge in [-0.25, -0.2) is 27.2 Å². The van der Waals surface area contributed by atoms with Crippen molar-refractivity contribution in [3.05, 3.63) is 70.9 Å². The smallest absolute Gasteiger partial charge is 0.414 e. The summed E-state index contributed by atoms with van der Waals surface area (Å²) in [5.74, 6) is -9.20. The van der Waals surface area contributed by atoms with Crippen molar-refractivity contribution in [1.29, 1.82) is 0 Å². The first-order valence-electron chi connectivity index (χ1n) is 9.89. The minimum Gasteiger partial charge on any atom is -0.477 e. The van der Waals surface area contributed by atoms with Crippen LogP contribution >= 0.6 is 0 Å². The Kier molecular flexibility index (Phi) is 7.37. The molecule has 3 N–H and O–H groups in total. The first-order valence-corrected chi connectivity index (χ1v) is 9.89. The SMILES string of the molecule is CC(=O)NCC1CN(c2ccc(N/C=C(\C(=O)O)C(=O)c3cc(F)c(F)cc3F)c(F)c2)C(=O)O1. The average molecular weight is 495 g/mol. The Labute approximate surface area is 195 Å². The molecule has 2 aromatic carbocycles. The molecule has 1 heterocycles. The Morgan fingerprint density at radius 3 is 2.40 bits per heavy atom. The fraction of sp³-hybridized carbons (Fsp3) is 0.182. The number of carboxylic acids is 1. The zero-order valence-electron chi connectivity index (χ0n) is 17.9. The van der Waals surface area contributed by atoms with E-state index in [0.29, 0.717) is 6.20 Å². The molecule has 1 saturated heterocycles. The molecule has 3 rings (SSSR count). The number of ketones is 1. The highest BCUT2D eigenvalue weighted by Crippen LogP contribution is 2.26. The van der Waals surface area contributed by atoms with Gasteiger partial charge >= 0.3 is 12.1 Å². The first kappa shape index (κ1) is 25.2. The number of ether oxygens (including phenoxy) is 1. The summed E-state index contributed by atoms with van der Waals surface area (Å²) in [6.45, 7) is 1.39. The molecule has 1 aliphatic rings. The van der Waals surface area contributed by atoms with Gasteiger partial charge in [0.2, 0.25) is 11.7 Å². The molecule has 2 aromatic rings. The molecule has 0 saturated carbocycles. The number of hydrogen-bond acceptors (Lipinski definition) is 6. The number of amides is 2. The summed E-state index contributed by atoms with van der Waals surface area (Å²) >= 11 is 0. The van der Waals surface area contributed by atoms with Crippen molar-refractivity contribution >= 4 is 35.1 Å². The molecular weight excluding hydrogens is 478 g/mol. The number of rotatable bonds is 8. The van der Waals surface area contributed by atoms with Crippen LogP contribution in [0.3, 0.4) is 0 Å². The molecule has 0 aliphatic carbocycles. The molecule has 13 heteroatoms. The van der Waals surface area contributed by atoms with E-state index in [4.69, 9.17) is 4.74 Å². The van der Waals surface area contributed by atoms with E-state index in [1.165, 1.54) is 13.0 Å². The number of hydrogen-bond donors (Lipinski definition) is 3. The van der Waals surface area contributed by atoms with Gasteiger partial charge in [0.05, 0.1) is 30.0 Å². The minimum absolute atomic E-state index is 0.0304. The average Bonchev–Trinajstić information content (AvgIpc) is 3.16. The Morgan fingerprint density at radius 1 is 1.09 bits per heavy atom. The van der Waals surface area contributed by atoms with Crippen molar-refractivity contribution in [1.82, 2.24) is 5.32 Å². The molecular formula is C22H17F4N3O6. The van der Waals surface area contributed by atoms with Gasteiger partial charge in [-0.15, -0.1) is 0 Å². The molecule has 0 bridgehead atoms. The maximum absolute atomic E-state index is 14.6. The van der Waals surface area contributed by atoms with E-state index in [2.05, 4.69) is 10.6 Å². The third-order valence-corrected chi connectivity index (χ3v) is 4.82. The van der Waals surface area contributed by atoms with E-state index < -0.39 is 58.4 Å². The number of Topliss-reactive ketones (excluding diaryl/α,β-unsaturated/α-hetero) is 1. The van der Waals surface area contributed by atoms with Crippen LogP contribution in [-0.4, -0.2) is 48.1 Å². The summed E-state index contributed by atoms with van der Waals surface area (Å²) in [4.78, 5) is 48.0. The van der Waals surface area contributed by atoms with Gasteiger partial charge < -0.3 is 20.5 Å². The molecule has 0 radical (unpaired) electrons. The van der Waals surface area contributed by atoms with Crippen molar-refractivity contribution < 1.29 is 46.6 Å². The van der Waals surface area contributed by atoms with Crippen molar-refractivity contribution in [2.24, 2.45) is 0 Å². The summed E-state index contributed by atoms with van der Waals surface area (Å²) in [5, 5.41) is 14.0. The highest BCUT2D eigenvalue weighted by molar-refractivity contribution is 6.23. The van der Waals surface area contributed by atoms with Crippen LogP contribution in [0.1, 0.15) is 17.3 Å². The van der Waals surface area contributed by atoms with E-state index in [1.54, 1.807) is 0 Å². The van der Waals surface area contributed by atoms with Crippen LogP contribution < -0.4 is 15.5 Å². The van der Waals surface area contributed by atoms with Crippen molar-refractivity contribution in [2.45, 2.75) is 13.0 Å². The Morgan fingerprint density at radius 2 is 1.77 bits per heavy atom. The van der Waals surface area contributed by atoms with Crippen LogP contribution in [0, 0.1) is 23.3 Å². The fourth-order valence-electron chi connectivity index (χ4n) is 3.10. The quantitative estimate of drug-likeness (QED) is 0.128. The van der Waals surface area contributed by atoms with Crippen molar-refractivity contribution in [2.75, 3.05) is 23.3 Å². The molecule has 1 aliphatic heterocycles. The molecule has 0 spiro atoms. The summed E-state index contributed by atoms with van der Waals surface area (Å²) in [5.41, 5.74) is -2.32. The molecule has 9 nitrogen and oxygen atoms in total. The maximum Gasteiger partial charge on any atom is 0.414 e. The predicted molar refractivity (Wildman–Crippen MR) is 113 cm³/mol. The van der Waals surface area contributed by atoms with E-state index in [9.17, 15) is 41.8 Å². The molecule has 2 amide bonds. The number of carbonyl (C=O) groups excluding carboxylic acids is 3. The molecule has 1 unspecified atom stereocenters. The molecule has 184 valence electrons. The van der Waals surface area contributed by atoms with Crippen LogP contribution in [0.4, 0.5) is 33.7 Å². The third kappa shape index (κ3) is 5.75. The lowest BCUT2D eigenvalue weighted by atomic mass is 10.0. The van der Waals surface area contributed by atoms with Crippen LogP contribution in [0.25, 0.3) is 0 Å². The van der Waals surface area contributed by atoms with Gasteiger partial charge in [-0.2, -0.15) is 0 Å². The van der Waals surface area contributed by atoms with E-state index in [0.717, 1.165) is 17.0 Å². The number of carboxylic acid groups (broad SMARTS) is 1. The fourth-order valence-corrected chi connectivity index (χ4v) is 3.10. The number of halogens is 4. The van der Waals surface area contributed by atoms with Crippen molar-refractivity contribution in [3.8, 4) is 0 Å². The lowest BCUT2D eigenvalue weighted by Gasteiger charge is -2.14. The summed E-state index contributed by atoms with van der Waals surface area (Å²) in [7, 11) is 0. The molecule has 1 atom stereocenters. The van der Waals surface area contributed by atoms with Crippen LogP contribution in [0.5, 0.6) is 0 Å². The number of benzene rings is 2. The van der Waals surface area contributed by atoms with Gasteiger partial charge in [-0.1, -0.05) is 0 Å². The summed E-state index contributed by atoms with van der Waals surface area (Å²) in [6, 6.07) is 3.69. The van der Waals surface area contributed by atoms with Crippen LogP contribution in [0.15, 0.2) is 42.1 Å². The van der Waals surface area contributed by atoms with E-state index >= 15 is 0 Å². The highest BCUT2D eigenvalue weighted by atomic mass is 19.2. The number of aliphatic carboxylic acids is 1. The topological polar surface area (TPSA) is 125 Å². The lowest BCUT2D eigenvalue weighted by Crippen LogP contribution is -2.33. The van der Waals surface area contributed by atoms with Gasteiger partial charge in [0.15, 0.2) is 11.6 Å². The van der Waals surface area contributed by atoms with Gasteiger partial charge in [-0.3, -0.25) is 14.5 Å². The van der Waals surface area contributed by atoms with E-state index in [1.807, 2.05) is 0 Å². The lowest BCUT2D eigenvalue weighted by molar-refractivity contribution is -0.132. The number of carbonyl (C=O) groups is 4. The Hall–Kier alpha value is -4.42. The standard InChI is InChI=1S/C22H17F4N3O6/c1-10(30)27-7-12-9-29(22(34)35-12)11-2-3-19(18(26)4-11)28-8-14(21(32)33)20(31)13-5-16(24)17(25)6-15(13)23/h2-6,8,12,28H,7,9H2,1H3,(H,27,30)(H,32,33)/b14-8-. The Bertz CT molecular complexity index is 1250. The summed E-state index contributed by atoms with van der Waals surface area (Å²) in [6.07, 6.45) is -0.861. The molecule has 0 aromatic heterocycles. The normalized spacial score (nSPS) is 15.6. The third-order valence-electron chi connectivity index (χ3n) is 4.82. The first-order chi connectivity index (χ1) is 16.5. The number of anilines is 2. The largest absolute Gasteiger partial charge is 0.477 e. The van der Waals surface area contributed by atoms with Crippen LogP contribution in [-0.2, 0) is 14.3 Å². The zero-order valence-corrected chi connectivity index (χ0v) is 17.9. The second-order valence-corrected chi connectivity index (χ2v) is 7.30. The number of nitrogens with zero attached hydrogens (tertiary/aromatic N) is 1. The monoisotopic (exact) mass is 495 g/mol. The van der Waals surface area contributed by atoms with Gasteiger partial charge in [0.25, 0.3) is 0 Å². The number of cyclic esters (lactones) is 1. The predicted octanol–water partition coefficient (Wildman–Crippen LogP) is 2.97. The van der Waals surface area contributed by atoms with Gasteiger partial charge in [0, 0.05) is 19.2 Å². The molecule has 35 heavy (non-hydrogen) atoms. The van der Waals surface area contributed by atoms with Gasteiger partial charge in [-0.05, 0) is 24.3 Å². The highest BCUT2D eigenvalue weighted by Gasteiger charge is 2.32. The molecule has 1 fully saturated rings. The van der Waals surface area contributed by atoms with Crippen LogP contribution in [0.2, 0.25) is 0 Å². The Balaban J connectivity index is 1.78. The second kappa shape index (κ2) is 10.2. The summed E-state index contributed by atoms with van der Waals surface area (Å²) < 4.78 is 60.1.